The average Bonchev–Trinajstić information content (AvgIpc) is 2.77. The Hall–Kier alpha value is -1.32. The number of fused-ring (bicyclic) bond motifs is 1. The molecule has 1 aromatic heterocycles. The molecule has 0 N–H and O–H groups in total. The van der Waals surface area contributed by atoms with Crippen LogP contribution in [0.15, 0.2) is 24.4 Å². The first-order valence-corrected chi connectivity index (χ1v) is 6.97. The van der Waals surface area contributed by atoms with Gasteiger partial charge >= 0.3 is 0 Å². The van der Waals surface area contributed by atoms with Crippen LogP contribution in [0.5, 0.6) is 0 Å². The molecule has 2 aromatic rings. The van der Waals surface area contributed by atoms with Crippen LogP contribution in [0.4, 0.5) is 0 Å². The van der Waals surface area contributed by atoms with Crippen LogP contribution in [-0.2, 0) is 11.3 Å². The highest BCUT2D eigenvalue weighted by atomic mass is 35.5. The number of halogens is 1. The predicted octanol–water partition coefficient (Wildman–Crippen LogP) is 3.53. The summed E-state index contributed by atoms with van der Waals surface area (Å²) >= 11 is 6.06. The Morgan fingerprint density at radius 3 is 2.89 bits per heavy atom. The minimum Gasteiger partial charge on any atom is -0.381 e. The van der Waals surface area contributed by atoms with E-state index in [1.165, 1.54) is 0 Å². The van der Waals surface area contributed by atoms with E-state index in [0.29, 0.717) is 10.9 Å². The molecule has 0 amide bonds. The third-order valence-electron chi connectivity index (χ3n) is 3.80. The van der Waals surface area contributed by atoms with E-state index in [0.717, 1.165) is 55.4 Å². The van der Waals surface area contributed by atoms with E-state index in [1.807, 2.05) is 24.4 Å². The maximum absolute atomic E-state index is 11.1. The Kier molecular flexibility index (Phi) is 3.58. The molecule has 0 saturated carbocycles. The zero-order chi connectivity index (χ0) is 13.2. The highest BCUT2D eigenvalue weighted by Crippen LogP contribution is 2.26. The van der Waals surface area contributed by atoms with E-state index < -0.39 is 0 Å². The van der Waals surface area contributed by atoms with Crippen LogP contribution >= 0.6 is 11.6 Å². The molecule has 4 heteroatoms. The first kappa shape index (κ1) is 12.7. The summed E-state index contributed by atoms with van der Waals surface area (Å²) < 4.78 is 7.54. The number of hydrogen-bond donors (Lipinski definition) is 0. The maximum atomic E-state index is 11.1. The number of aldehydes is 1. The normalized spacial score (nSPS) is 16.9. The van der Waals surface area contributed by atoms with Gasteiger partial charge in [-0.15, -0.1) is 0 Å². The molecule has 100 valence electrons. The summed E-state index contributed by atoms with van der Waals surface area (Å²) in [5, 5.41) is 1.68. The Morgan fingerprint density at radius 2 is 2.16 bits per heavy atom. The van der Waals surface area contributed by atoms with Crippen molar-refractivity contribution in [2.75, 3.05) is 13.2 Å². The van der Waals surface area contributed by atoms with Crippen LogP contribution in [0, 0.1) is 5.92 Å². The zero-order valence-corrected chi connectivity index (χ0v) is 11.4. The minimum atomic E-state index is 0.614. The second kappa shape index (κ2) is 5.35. The van der Waals surface area contributed by atoms with Gasteiger partial charge in [-0.3, -0.25) is 4.79 Å². The Morgan fingerprint density at radius 1 is 1.37 bits per heavy atom. The van der Waals surface area contributed by atoms with Gasteiger partial charge < -0.3 is 9.30 Å². The first-order chi connectivity index (χ1) is 9.28. The lowest BCUT2D eigenvalue weighted by molar-refractivity contribution is 0.0616. The Bertz CT molecular complexity index is 599. The van der Waals surface area contributed by atoms with Crippen molar-refractivity contribution in [3.63, 3.8) is 0 Å². The molecule has 3 rings (SSSR count). The molecular weight excluding hydrogens is 262 g/mol. The molecular formula is C15H16ClNO2. The minimum absolute atomic E-state index is 0.614. The fraction of sp³-hybridized carbons (Fsp3) is 0.400. The van der Waals surface area contributed by atoms with Gasteiger partial charge in [0.1, 0.15) is 0 Å². The van der Waals surface area contributed by atoms with Crippen LogP contribution < -0.4 is 0 Å². The van der Waals surface area contributed by atoms with Crippen LogP contribution in [0.25, 0.3) is 10.9 Å². The summed E-state index contributed by atoms with van der Waals surface area (Å²) in [7, 11) is 0. The highest BCUT2D eigenvalue weighted by Gasteiger charge is 2.16. The fourth-order valence-corrected chi connectivity index (χ4v) is 2.91. The van der Waals surface area contributed by atoms with Crippen molar-refractivity contribution in [2.24, 2.45) is 5.92 Å². The predicted molar refractivity (Wildman–Crippen MR) is 75.9 cm³/mol. The first-order valence-electron chi connectivity index (χ1n) is 6.59. The number of benzene rings is 1. The third-order valence-corrected chi connectivity index (χ3v) is 4.03. The molecule has 0 atom stereocenters. The molecule has 19 heavy (non-hydrogen) atoms. The van der Waals surface area contributed by atoms with Gasteiger partial charge in [-0.05, 0) is 30.9 Å². The Labute approximate surface area is 117 Å². The van der Waals surface area contributed by atoms with E-state index in [1.54, 1.807) is 0 Å². The van der Waals surface area contributed by atoms with Crippen molar-refractivity contribution in [3.8, 4) is 0 Å². The lowest BCUT2D eigenvalue weighted by Crippen LogP contribution is -2.20. The van der Waals surface area contributed by atoms with E-state index in [2.05, 4.69) is 4.57 Å². The largest absolute Gasteiger partial charge is 0.381 e. The van der Waals surface area contributed by atoms with Crippen molar-refractivity contribution in [1.29, 1.82) is 0 Å². The molecule has 1 aliphatic heterocycles. The molecule has 1 saturated heterocycles. The van der Waals surface area contributed by atoms with Gasteiger partial charge in [-0.1, -0.05) is 17.7 Å². The van der Waals surface area contributed by atoms with E-state index in [9.17, 15) is 4.79 Å². The third kappa shape index (κ3) is 2.53. The van der Waals surface area contributed by atoms with Gasteiger partial charge in [0, 0.05) is 41.9 Å². The molecule has 1 aliphatic rings. The summed E-state index contributed by atoms with van der Waals surface area (Å²) in [6.45, 7) is 2.60. The number of aromatic nitrogens is 1. The molecule has 0 unspecified atom stereocenters. The summed E-state index contributed by atoms with van der Waals surface area (Å²) in [6, 6.07) is 5.68. The van der Waals surface area contributed by atoms with Crippen LogP contribution in [0.2, 0.25) is 5.02 Å². The van der Waals surface area contributed by atoms with Crippen molar-refractivity contribution in [3.05, 3.63) is 35.0 Å². The number of ether oxygens (including phenoxy) is 1. The smallest absolute Gasteiger partial charge is 0.152 e. The molecule has 0 radical (unpaired) electrons. The molecule has 2 heterocycles. The van der Waals surface area contributed by atoms with Gasteiger partial charge in [0.25, 0.3) is 0 Å². The number of carbonyl (C=O) groups excluding carboxylic acids is 1. The summed E-state index contributed by atoms with van der Waals surface area (Å²) in [4.78, 5) is 11.1. The highest BCUT2D eigenvalue weighted by molar-refractivity contribution is 6.31. The number of carbonyl (C=O) groups is 1. The SMILES string of the molecule is O=Cc1cn(CC2CCOCC2)c2cc(Cl)ccc12. The molecule has 1 fully saturated rings. The number of nitrogens with zero attached hydrogens (tertiary/aromatic N) is 1. The number of rotatable bonds is 3. The quantitative estimate of drug-likeness (QED) is 0.804. The molecule has 0 bridgehead atoms. The van der Waals surface area contributed by atoms with E-state index in [-0.39, 0.29) is 0 Å². The zero-order valence-electron chi connectivity index (χ0n) is 10.6. The van der Waals surface area contributed by atoms with Gasteiger partial charge in [-0.25, -0.2) is 0 Å². The van der Waals surface area contributed by atoms with Gasteiger partial charge in [0.2, 0.25) is 0 Å². The van der Waals surface area contributed by atoms with Gasteiger partial charge in [-0.2, -0.15) is 0 Å². The second-order valence-electron chi connectivity index (χ2n) is 5.07. The molecule has 0 aliphatic carbocycles. The van der Waals surface area contributed by atoms with Crippen LogP contribution in [0.1, 0.15) is 23.2 Å². The topological polar surface area (TPSA) is 31.2 Å². The number of hydrogen-bond acceptors (Lipinski definition) is 2. The van der Waals surface area contributed by atoms with Crippen molar-refractivity contribution < 1.29 is 9.53 Å². The lowest BCUT2D eigenvalue weighted by atomic mass is 10.0. The molecule has 3 nitrogen and oxygen atoms in total. The van der Waals surface area contributed by atoms with E-state index in [4.69, 9.17) is 16.3 Å². The van der Waals surface area contributed by atoms with Gasteiger partial charge in [0.15, 0.2) is 6.29 Å². The standard InChI is InChI=1S/C15H16ClNO2/c16-13-1-2-14-12(10-18)9-17(15(14)7-13)8-11-3-5-19-6-4-11/h1-2,7,9-11H,3-6,8H2. The van der Waals surface area contributed by atoms with Crippen LogP contribution in [-0.4, -0.2) is 24.1 Å². The second-order valence-corrected chi connectivity index (χ2v) is 5.51. The van der Waals surface area contributed by atoms with Crippen molar-refractivity contribution >= 4 is 28.8 Å². The summed E-state index contributed by atoms with van der Waals surface area (Å²) in [5.74, 6) is 0.614. The lowest BCUT2D eigenvalue weighted by Gasteiger charge is -2.22. The summed E-state index contributed by atoms with van der Waals surface area (Å²) in [5.41, 5.74) is 1.78. The van der Waals surface area contributed by atoms with Gasteiger partial charge in [0.05, 0.1) is 5.52 Å². The average molecular weight is 278 g/mol. The fourth-order valence-electron chi connectivity index (χ4n) is 2.75. The molecule has 1 aromatic carbocycles. The van der Waals surface area contributed by atoms with E-state index >= 15 is 0 Å². The molecule has 0 spiro atoms. The van der Waals surface area contributed by atoms with Crippen molar-refractivity contribution in [2.45, 2.75) is 19.4 Å². The summed E-state index contributed by atoms with van der Waals surface area (Å²) in [6.07, 6.45) is 5.01. The van der Waals surface area contributed by atoms with Crippen LogP contribution in [0.3, 0.4) is 0 Å². The Balaban J connectivity index is 1.97. The van der Waals surface area contributed by atoms with Crippen molar-refractivity contribution in [1.82, 2.24) is 4.57 Å². The maximum Gasteiger partial charge on any atom is 0.152 e. The monoisotopic (exact) mass is 277 g/mol.